The summed E-state index contributed by atoms with van der Waals surface area (Å²) in [6.45, 7) is 2.27. The van der Waals surface area contributed by atoms with Gasteiger partial charge in [-0.05, 0) is 48.4 Å². The van der Waals surface area contributed by atoms with Gasteiger partial charge in [-0.15, -0.1) is 0 Å². The number of hydrogen-bond donors (Lipinski definition) is 1. The van der Waals surface area contributed by atoms with Crippen molar-refractivity contribution in [2.24, 2.45) is 0 Å². The molecule has 1 aromatic carbocycles. The fraction of sp³-hybridized carbons (Fsp3) is 0.250. The molecule has 3 aliphatic rings. The van der Waals surface area contributed by atoms with Crippen molar-refractivity contribution in [3.63, 3.8) is 0 Å². The Bertz CT molecular complexity index is 1410. The third-order valence-corrected chi connectivity index (χ3v) is 6.66. The Kier molecular flexibility index (Phi) is 3.43. The van der Waals surface area contributed by atoms with E-state index < -0.39 is 0 Å². The van der Waals surface area contributed by atoms with Gasteiger partial charge in [-0.25, -0.2) is 9.78 Å². The van der Waals surface area contributed by atoms with Gasteiger partial charge in [0.25, 0.3) is 0 Å². The number of ether oxygens (including phenoxy) is 2. The molecule has 3 aromatic heterocycles. The Hall–Kier alpha value is -3.58. The highest BCUT2D eigenvalue weighted by Gasteiger charge is 2.45. The van der Waals surface area contributed by atoms with Crippen LogP contribution in [-0.4, -0.2) is 45.6 Å². The van der Waals surface area contributed by atoms with Crippen LogP contribution in [0.4, 0.5) is 4.79 Å². The minimum atomic E-state index is -0.258. The highest BCUT2D eigenvalue weighted by molar-refractivity contribution is 6.01. The maximum Gasteiger partial charge on any atom is 0.415 e. The van der Waals surface area contributed by atoms with Gasteiger partial charge in [0.05, 0.1) is 22.8 Å². The molecule has 0 aliphatic carbocycles. The van der Waals surface area contributed by atoms with Crippen LogP contribution in [0.25, 0.3) is 33.4 Å². The monoisotopic (exact) mass is 412 g/mol. The summed E-state index contributed by atoms with van der Waals surface area (Å²) in [7, 11) is 0. The first-order valence-corrected chi connectivity index (χ1v) is 10.6. The number of carbonyl (C=O) groups is 1. The fourth-order valence-corrected chi connectivity index (χ4v) is 5.08. The molecule has 0 radical (unpaired) electrons. The van der Waals surface area contributed by atoms with Crippen molar-refractivity contribution in [2.75, 3.05) is 13.1 Å². The summed E-state index contributed by atoms with van der Waals surface area (Å²) >= 11 is 0. The Morgan fingerprint density at radius 3 is 2.90 bits per heavy atom. The van der Waals surface area contributed by atoms with E-state index in [0.29, 0.717) is 12.4 Å². The van der Waals surface area contributed by atoms with Gasteiger partial charge in [-0.2, -0.15) is 0 Å². The number of carbonyl (C=O) groups excluding carboxylic acids is 1. The summed E-state index contributed by atoms with van der Waals surface area (Å²) in [5, 5.41) is 5.33. The number of fused-ring (bicyclic) bond motifs is 7. The molecule has 2 fully saturated rings. The number of nitrogens with zero attached hydrogens (tertiary/aromatic N) is 3. The molecule has 7 rings (SSSR count). The molecule has 2 bridgehead atoms. The summed E-state index contributed by atoms with van der Waals surface area (Å²) in [6.07, 6.45) is 8.72. The molecular formula is C24H20N4O3. The number of hydrogen-bond acceptors (Lipinski definition) is 5. The van der Waals surface area contributed by atoms with E-state index in [9.17, 15) is 4.79 Å². The summed E-state index contributed by atoms with van der Waals surface area (Å²) in [5.74, 6) is 0.554. The highest BCUT2D eigenvalue weighted by atomic mass is 16.6. The number of piperidine rings is 1. The minimum Gasteiger partial charge on any atom is -0.496 e. The molecule has 3 aliphatic heterocycles. The van der Waals surface area contributed by atoms with Gasteiger partial charge in [-0.3, -0.25) is 4.90 Å². The number of piperazine rings is 1. The van der Waals surface area contributed by atoms with E-state index in [1.165, 1.54) is 0 Å². The average molecular weight is 412 g/mol. The summed E-state index contributed by atoms with van der Waals surface area (Å²) in [4.78, 5) is 19.4. The van der Waals surface area contributed by atoms with Gasteiger partial charge in [0.2, 0.25) is 0 Å². The number of pyridine rings is 2. The molecule has 1 N–H and O–H groups in total. The maximum atomic E-state index is 12.6. The lowest BCUT2D eigenvalue weighted by Gasteiger charge is -2.51. The molecule has 31 heavy (non-hydrogen) atoms. The number of aromatic nitrogens is 2. The molecule has 2 unspecified atom stereocenters. The largest absolute Gasteiger partial charge is 0.496 e. The summed E-state index contributed by atoms with van der Waals surface area (Å²) < 4.78 is 13.2. The van der Waals surface area contributed by atoms with Gasteiger partial charge >= 0.3 is 6.09 Å². The Morgan fingerprint density at radius 2 is 2.03 bits per heavy atom. The van der Waals surface area contributed by atoms with Crippen LogP contribution >= 0.6 is 0 Å². The van der Waals surface area contributed by atoms with E-state index in [2.05, 4.69) is 34.2 Å². The van der Waals surface area contributed by atoms with Gasteiger partial charge in [0.1, 0.15) is 12.4 Å². The van der Waals surface area contributed by atoms with E-state index in [1.54, 1.807) is 6.26 Å². The summed E-state index contributed by atoms with van der Waals surface area (Å²) in [5.41, 5.74) is 5.22. The Labute approximate surface area is 177 Å². The number of nitrogens with one attached hydrogen (secondary N) is 1. The van der Waals surface area contributed by atoms with Crippen LogP contribution in [0.5, 0.6) is 5.75 Å². The van der Waals surface area contributed by atoms with Crippen LogP contribution in [-0.2, 0) is 11.3 Å². The van der Waals surface area contributed by atoms with Crippen LogP contribution in [0.3, 0.4) is 0 Å². The lowest BCUT2D eigenvalue weighted by atomic mass is 9.89. The second kappa shape index (κ2) is 6.21. The van der Waals surface area contributed by atoms with Crippen LogP contribution in [0.2, 0.25) is 0 Å². The normalized spacial score (nSPS) is 21.7. The molecule has 6 heterocycles. The SMILES string of the molecule is O=C(Oc1ccc2nc3c(cc2c1)cn1cc2c(cc31)C=COC2)N1C2CNCC1C2. The van der Waals surface area contributed by atoms with Crippen LogP contribution in [0, 0.1) is 0 Å². The topological polar surface area (TPSA) is 68.1 Å². The molecule has 154 valence electrons. The quantitative estimate of drug-likeness (QED) is 0.517. The lowest BCUT2D eigenvalue weighted by Crippen LogP contribution is -2.69. The Morgan fingerprint density at radius 1 is 1.13 bits per heavy atom. The average Bonchev–Trinajstić information content (AvgIpc) is 3.12. The molecule has 2 saturated heterocycles. The molecule has 7 nitrogen and oxygen atoms in total. The van der Waals surface area contributed by atoms with E-state index in [4.69, 9.17) is 14.5 Å². The third-order valence-electron chi connectivity index (χ3n) is 6.66. The van der Waals surface area contributed by atoms with Crippen LogP contribution in [0.1, 0.15) is 17.5 Å². The second-order valence-corrected chi connectivity index (χ2v) is 8.55. The molecule has 4 aromatic rings. The third kappa shape index (κ3) is 2.56. The molecule has 0 spiro atoms. The summed E-state index contributed by atoms with van der Waals surface area (Å²) in [6, 6.07) is 10.4. The molecule has 1 amide bonds. The number of benzene rings is 1. The Balaban J connectivity index is 1.26. The van der Waals surface area contributed by atoms with E-state index in [0.717, 1.165) is 58.0 Å². The van der Waals surface area contributed by atoms with E-state index >= 15 is 0 Å². The van der Waals surface area contributed by atoms with Crippen LogP contribution in [0.15, 0.2) is 49.0 Å². The van der Waals surface area contributed by atoms with Crippen molar-refractivity contribution in [3.05, 3.63) is 60.1 Å². The van der Waals surface area contributed by atoms with Crippen molar-refractivity contribution in [2.45, 2.75) is 25.1 Å². The van der Waals surface area contributed by atoms with Crippen molar-refractivity contribution >= 4 is 39.5 Å². The minimum absolute atomic E-state index is 0.257. The van der Waals surface area contributed by atoms with Gasteiger partial charge < -0.3 is 19.2 Å². The van der Waals surface area contributed by atoms with Gasteiger partial charge in [0.15, 0.2) is 0 Å². The lowest BCUT2D eigenvalue weighted by molar-refractivity contribution is 0.00473. The first-order chi connectivity index (χ1) is 15.2. The molecule has 0 saturated carbocycles. The molecule has 2 atom stereocenters. The van der Waals surface area contributed by atoms with Gasteiger partial charge in [0, 0.05) is 53.9 Å². The molecule has 7 heteroatoms. The maximum absolute atomic E-state index is 12.6. The zero-order valence-electron chi connectivity index (χ0n) is 16.7. The zero-order chi connectivity index (χ0) is 20.5. The first kappa shape index (κ1) is 17.1. The highest BCUT2D eigenvalue weighted by Crippen LogP contribution is 2.32. The van der Waals surface area contributed by atoms with Crippen LogP contribution < -0.4 is 10.1 Å². The van der Waals surface area contributed by atoms with Crippen molar-refractivity contribution < 1.29 is 14.3 Å². The number of amides is 1. The van der Waals surface area contributed by atoms with E-state index in [1.807, 2.05) is 29.2 Å². The van der Waals surface area contributed by atoms with E-state index in [-0.39, 0.29) is 18.2 Å². The second-order valence-electron chi connectivity index (χ2n) is 8.55. The fourth-order valence-electron chi connectivity index (χ4n) is 5.08. The zero-order valence-corrected chi connectivity index (χ0v) is 16.7. The molecular weight excluding hydrogens is 392 g/mol. The number of rotatable bonds is 1. The standard InChI is InChI=1S/C24H20N4O3/c29-24(28-18-8-19(28)10-25-9-18)31-20-1-2-21-15(6-20)5-16-11-27-12-17-13-30-4-3-14(17)7-22(27)23(16)26-21/h1-7,11-12,18-19,25H,8-10,13H2. The predicted molar refractivity (Wildman–Crippen MR) is 117 cm³/mol. The predicted octanol–water partition coefficient (Wildman–Crippen LogP) is 3.69. The van der Waals surface area contributed by atoms with Crippen molar-refractivity contribution in [1.82, 2.24) is 19.6 Å². The van der Waals surface area contributed by atoms with Crippen molar-refractivity contribution in [3.8, 4) is 5.75 Å². The smallest absolute Gasteiger partial charge is 0.415 e. The van der Waals surface area contributed by atoms with Crippen molar-refractivity contribution in [1.29, 1.82) is 0 Å². The van der Waals surface area contributed by atoms with Gasteiger partial charge in [-0.1, -0.05) is 0 Å². The first-order valence-electron chi connectivity index (χ1n) is 10.6.